The van der Waals surface area contributed by atoms with Crippen LogP contribution in [0, 0.1) is 0 Å². The molecule has 0 saturated carbocycles. The molecule has 1 heterocycles. The van der Waals surface area contributed by atoms with E-state index in [4.69, 9.17) is 4.74 Å². The van der Waals surface area contributed by atoms with E-state index in [2.05, 4.69) is 4.98 Å². The van der Waals surface area contributed by atoms with Crippen molar-refractivity contribution in [1.29, 1.82) is 0 Å². The molecule has 0 amide bonds. The Bertz CT molecular complexity index is 508. The molecule has 0 aliphatic heterocycles. The minimum Gasteiger partial charge on any atom is -0.388 e. The highest BCUT2D eigenvalue weighted by Gasteiger charge is 2.11. The molecule has 0 bridgehead atoms. The number of nitrogens with zero attached hydrogens (tertiary/aromatic N) is 2. The van der Waals surface area contributed by atoms with Gasteiger partial charge < -0.3 is 14.4 Å². The van der Waals surface area contributed by atoms with Gasteiger partial charge in [-0.2, -0.15) is 0 Å². The minimum absolute atomic E-state index is 0.514. The van der Waals surface area contributed by atoms with Crippen LogP contribution in [0.25, 0.3) is 0 Å². The van der Waals surface area contributed by atoms with Crippen molar-refractivity contribution in [1.82, 2.24) is 9.55 Å². The van der Waals surface area contributed by atoms with Gasteiger partial charge in [-0.3, -0.25) is 0 Å². The Morgan fingerprint density at radius 1 is 1.44 bits per heavy atom. The second kappa shape index (κ2) is 5.80. The topological polar surface area (TPSA) is 47.3 Å². The highest BCUT2D eigenvalue weighted by Crippen LogP contribution is 2.18. The van der Waals surface area contributed by atoms with Gasteiger partial charge in [0.05, 0.1) is 12.7 Å². The summed E-state index contributed by atoms with van der Waals surface area (Å²) in [4.78, 5) is 4.22. The number of aliphatic hydroxyl groups is 1. The van der Waals surface area contributed by atoms with Crippen LogP contribution < -0.4 is 0 Å². The number of aryl methyl sites for hydroxylation is 1. The molecule has 96 valence electrons. The predicted octanol–water partition coefficient (Wildman–Crippen LogP) is 1.84. The first-order chi connectivity index (χ1) is 8.70. The zero-order valence-corrected chi connectivity index (χ0v) is 10.7. The van der Waals surface area contributed by atoms with E-state index in [-0.39, 0.29) is 0 Å². The van der Waals surface area contributed by atoms with Gasteiger partial charge in [0.2, 0.25) is 0 Å². The van der Waals surface area contributed by atoms with Crippen molar-refractivity contribution in [2.75, 3.05) is 7.11 Å². The average molecular weight is 246 g/mol. The van der Waals surface area contributed by atoms with Gasteiger partial charge in [0.15, 0.2) is 0 Å². The van der Waals surface area contributed by atoms with Gasteiger partial charge in [-0.15, -0.1) is 0 Å². The number of hydrogen-bond acceptors (Lipinski definition) is 3. The van der Waals surface area contributed by atoms with Gasteiger partial charge in [-0.05, 0) is 11.1 Å². The van der Waals surface area contributed by atoms with Crippen LogP contribution >= 0.6 is 0 Å². The average Bonchev–Trinajstić information content (AvgIpc) is 2.76. The Morgan fingerprint density at radius 3 is 2.94 bits per heavy atom. The predicted molar refractivity (Wildman–Crippen MR) is 69.0 cm³/mol. The van der Waals surface area contributed by atoms with E-state index >= 15 is 0 Å². The van der Waals surface area contributed by atoms with E-state index in [1.165, 1.54) is 0 Å². The van der Waals surface area contributed by atoms with E-state index in [0.717, 1.165) is 17.0 Å². The lowest BCUT2D eigenvalue weighted by Gasteiger charge is -2.12. The van der Waals surface area contributed by atoms with Crippen LogP contribution in [-0.2, 0) is 24.8 Å². The van der Waals surface area contributed by atoms with E-state index in [0.29, 0.717) is 13.0 Å². The number of ether oxygens (including phenoxy) is 1. The number of methoxy groups -OCH3 is 1. The molecule has 1 N–H and O–H groups in total. The van der Waals surface area contributed by atoms with Crippen LogP contribution in [0.5, 0.6) is 0 Å². The van der Waals surface area contributed by atoms with Crippen molar-refractivity contribution >= 4 is 0 Å². The van der Waals surface area contributed by atoms with Crippen LogP contribution in [0.15, 0.2) is 36.7 Å². The van der Waals surface area contributed by atoms with Crippen molar-refractivity contribution in [3.63, 3.8) is 0 Å². The fraction of sp³-hybridized carbons (Fsp3) is 0.357. The summed E-state index contributed by atoms with van der Waals surface area (Å²) in [5, 5.41) is 10.2. The molecule has 1 aromatic carbocycles. The molecular formula is C14H18N2O2. The third-order valence-electron chi connectivity index (χ3n) is 2.94. The zero-order valence-electron chi connectivity index (χ0n) is 10.7. The third kappa shape index (κ3) is 2.97. The summed E-state index contributed by atoms with van der Waals surface area (Å²) in [7, 11) is 3.59. The molecule has 18 heavy (non-hydrogen) atoms. The Balaban J connectivity index is 2.11. The molecule has 2 rings (SSSR count). The van der Waals surface area contributed by atoms with Gasteiger partial charge in [-0.25, -0.2) is 4.98 Å². The summed E-state index contributed by atoms with van der Waals surface area (Å²) in [6, 6.07) is 7.82. The monoisotopic (exact) mass is 246 g/mol. The van der Waals surface area contributed by atoms with Crippen LogP contribution in [0.3, 0.4) is 0 Å². The van der Waals surface area contributed by atoms with Crippen molar-refractivity contribution in [3.05, 3.63) is 53.6 Å². The molecule has 4 heteroatoms. The minimum atomic E-state index is -0.539. The molecule has 2 aromatic rings. The molecule has 0 aliphatic carbocycles. The lowest BCUT2D eigenvalue weighted by Crippen LogP contribution is -2.07. The van der Waals surface area contributed by atoms with Crippen molar-refractivity contribution in [3.8, 4) is 0 Å². The summed E-state index contributed by atoms with van der Waals surface area (Å²) in [5.74, 6) is 0.875. The van der Waals surface area contributed by atoms with Gasteiger partial charge >= 0.3 is 0 Å². The normalized spacial score (nSPS) is 12.6. The Kier molecular flexibility index (Phi) is 4.12. The Morgan fingerprint density at radius 2 is 2.28 bits per heavy atom. The first-order valence-electron chi connectivity index (χ1n) is 5.92. The fourth-order valence-electron chi connectivity index (χ4n) is 1.94. The molecule has 0 saturated heterocycles. The largest absolute Gasteiger partial charge is 0.388 e. The lowest BCUT2D eigenvalue weighted by atomic mass is 10.0. The molecule has 1 aromatic heterocycles. The molecular weight excluding hydrogens is 228 g/mol. The molecule has 4 nitrogen and oxygen atoms in total. The second-order valence-corrected chi connectivity index (χ2v) is 4.35. The quantitative estimate of drug-likeness (QED) is 0.875. The first kappa shape index (κ1) is 12.8. The third-order valence-corrected chi connectivity index (χ3v) is 2.94. The van der Waals surface area contributed by atoms with Gasteiger partial charge in [0.1, 0.15) is 5.82 Å². The van der Waals surface area contributed by atoms with Crippen molar-refractivity contribution in [2.24, 2.45) is 7.05 Å². The highest BCUT2D eigenvalue weighted by molar-refractivity contribution is 5.25. The van der Waals surface area contributed by atoms with Crippen LogP contribution in [0.4, 0.5) is 0 Å². The fourth-order valence-corrected chi connectivity index (χ4v) is 1.94. The maximum atomic E-state index is 10.2. The lowest BCUT2D eigenvalue weighted by molar-refractivity contribution is 0.172. The molecule has 0 fully saturated rings. The standard InChI is InChI=1S/C14H18N2O2/c1-16-7-6-15-14(16)9-13(17)12-5-3-4-11(8-12)10-18-2/h3-8,13,17H,9-10H2,1-2H3. The summed E-state index contributed by atoms with van der Waals surface area (Å²) in [6.07, 6.45) is 3.59. The molecule has 0 aliphatic rings. The maximum absolute atomic E-state index is 10.2. The molecule has 1 unspecified atom stereocenters. The molecule has 0 spiro atoms. The summed E-state index contributed by atoms with van der Waals surface area (Å²) < 4.78 is 7.01. The number of hydrogen-bond donors (Lipinski definition) is 1. The van der Waals surface area contributed by atoms with Gasteiger partial charge in [-0.1, -0.05) is 24.3 Å². The Hall–Kier alpha value is -1.65. The summed E-state index contributed by atoms with van der Waals surface area (Å²) in [6.45, 7) is 0.558. The number of aliphatic hydroxyl groups excluding tert-OH is 1. The van der Waals surface area contributed by atoms with Crippen molar-refractivity contribution in [2.45, 2.75) is 19.1 Å². The first-order valence-corrected chi connectivity index (χ1v) is 5.92. The van der Waals surface area contributed by atoms with Gasteiger partial charge in [0.25, 0.3) is 0 Å². The number of benzene rings is 1. The SMILES string of the molecule is COCc1cccc(C(O)Cc2nccn2C)c1. The smallest absolute Gasteiger partial charge is 0.111 e. The van der Waals surface area contributed by atoms with Gasteiger partial charge in [0, 0.05) is 33.0 Å². The molecule has 1 atom stereocenters. The van der Waals surface area contributed by atoms with E-state index < -0.39 is 6.10 Å². The summed E-state index contributed by atoms with van der Waals surface area (Å²) in [5.41, 5.74) is 1.96. The van der Waals surface area contributed by atoms with E-state index in [1.807, 2.05) is 42.1 Å². The molecule has 0 radical (unpaired) electrons. The zero-order chi connectivity index (χ0) is 13.0. The summed E-state index contributed by atoms with van der Waals surface area (Å²) >= 11 is 0. The van der Waals surface area contributed by atoms with Crippen LogP contribution in [0.1, 0.15) is 23.1 Å². The highest BCUT2D eigenvalue weighted by atomic mass is 16.5. The van der Waals surface area contributed by atoms with Crippen LogP contribution in [0.2, 0.25) is 0 Å². The van der Waals surface area contributed by atoms with Crippen molar-refractivity contribution < 1.29 is 9.84 Å². The number of rotatable bonds is 5. The van der Waals surface area contributed by atoms with Crippen LogP contribution in [-0.4, -0.2) is 21.8 Å². The Labute approximate surface area is 107 Å². The van der Waals surface area contributed by atoms with E-state index in [1.54, 1.807) is 13.3 Å². The second-order valence-electron chi connectivity index (χ2n) is 4.35. The number of aromatic nitrogens is 2. The maximum Gasteiger partial charge on any atom is 0.111 e. The van der Waals surface area contributed by atoms with E-state index in [9.17, 15) is 5.11 Å². The number of imidazole rings is 1.